The van der Waals surface area contributed by atoms with Crippen LogP contribution in [0.15, 0.2) is 12.1 Å². The Morgan fingerprint density at radius 3 is 2.67 bits per heavy atom. The van der Waals surface area contributed by atoms with Gasteiger partial charge >= 0.3 is 0 Å². The van der Waals surface area contributed by atoms with E-state index >= 15 is 0 Å². The van der Waals surface area contributed by atoms with Gasteiger partial charge in [-0.05, 0) is 6.07 Å². The van der Waals surface area contributed by atoms with Crippen molar-refractivity contribution < 1.29 is 23.2 Å². The Balaban J connectivity index is 2.64. The second-order valence-electron chi connectivity index (χ2n) is 3.77. The average Bonchev–Trinajstić information content (AvgIpc) is 2.40. The third-order valence-corrected chi connectivity index (χ3v) is 3.04. The smallest absolute Gasteiger partial charge is 0.290 e. The molecule has 1 aromatic rings. The van der Waals surface area contributed by atoms with Crippen molar-refractivity contribution in [1.29, 1.82) is 0 Å². The van der Waals surface area contributed by atoms with E-state index in [2.05, 4.69) is 10.1 Å². The first-order valence-electron chi connectivity index (χ1n) is 5.60. The zero-order valence-corrected chi connectivity index (χ0v) is 12.0. The highest BCUT2D eigenvalue weighted by Gasteiger charge is 2.19. The van der Waals surface area contributed by atoms with Gasteiger partial charge < -0.3 is 10.1 Å². The molecule has 6 nitrogen and oxygen atoms in total. The normalized spacial score (nSPS) is 10.7. The molecule has 10 heteroatoms. The molecule has 0 heterocycles. The lowest BCUT2D eigenvalue weighted by atomic mass is 10.2. The van der Waals surface area contributed by atoms with E-state index in [4.69, 9.17) is 23.2 Å². The molecule has 0 saturated carbocycles. The lowest BCUT2D eigenvalue weighted by Crippen LogP contribution is -2.27. The third kappa shape index (κ3) is 5.41. The van der Waals surface area contributed by atoms with Crippen LogP contribution in [0.25, 0.3) is 0 Å². The van der Waals surface area contributed by atoms with Crippen LogP contribution in [-0.4, -0.2) is 37.0 Å². The summed E-state index contributed by atoms with van der Waals surface area (Å²) in [5.41, 5.74) is -0.562. The molecule has 0 aliphatic carbocycles. The van der Waals surface area contributed by atoms with Crippen molar-refractivity contribution in [2.45, 2.75) is 6.43 Å². The molecule has 1 N–H and O–H groups in total. The number of rotatable bonds is 7. The minimum atomic E-state index is -2.58. The van der Waals surface area contributed by atoms with Gasteiger partial charge in [-0.2, -0.15) is 0 Å². The van der Waals surface area contributed by atoms with Crippen molar-refractivity contribution >= 4 is 34.8 Å². The summed E-state index contributed by atoms with van der Waals surface area (Å²) < 4.78 is 28.1. The van der Waals surface area contributed by atoms with E-state index in [0.717, 1.165) is 6.07 Å². The molecule has 116 valence electrons. The summed E-state index contributed by atoms with van der Waals surface area (Å²) >= 11 is 11.3. The van der Waals surface area contributed by atoms with E-state index in [1.807, 2.05) is 0 Å². The maximum absolute atomic E-state index is 11.8. The summed E-state index contributed by atoms with van der Waals surface area (Å²) in [7, 11) is 0. The van der Waals surface area contributed by atoms with Crippen LogP contribution in [0.2, 0.25) is 10.0 Å². The van der Waals surface area contributed by atoms with Gasteiger partial charge in [0, 0.05) is 18.2 Å². The van der Waals surface area contributed by atoms with Crippen molar-refractivity contribution in [2.24, 2.45) is 0 Å². The van der Waals surface area contributed by atoms with Crippen LogP contribution < -0.4 is 5.32 Å². The molecule has 1 amide bonds. The predicted octanol–water partition coefficient (Wildman–Crippen LogP) is 2.91. The highest BCUT2D eigenvalue weighted by atomic mass is 35.5. The quantitative estimate of drug-likeness (QED) is 0.469. The zero-order valence-electron chi connectivity index (χ0n) is 10.4. The Morgan fingerprint density at radius 2 is 2.10 bits per heavy atom. The Morgan fingerprint density at radius 1 is 1.43 bits per heavy atom. The van der Waals surface area contributed by atoms with E-state index < -0.39 is 29.6 Å². The first-order chi connectivity index (χ1) is 9.82. The molecule has 0 radical (unpaired) electrons. The lowest BCUT2D eigenvalue weighted by molar-refractivity contribution is -0.384. The number of nitro groups is 1. The molecule has 1 aromatic carbocycles. The molecule has 0 atom stereocenters. The van der Waals surface area contributed by atoms with Crippen LogP contribution in [0, 0.1) is 10.1 Å². The van der Waals surface area contributed by atoms with Crippen LogP contribution in [-0.2, 0) is 4.74 Å². The van der Waals surface area contributed by atoms with Crippen molar-refractivity contribution in [3.05, 3.63) is 37.9 Å². The van der Waals surface area contributed by atoms with Gasteiger partial charge in [0.25, 0.3) is 18.0 Å². The van der Waals surface area contributed by atoms with Crippen LogP contribution in [0.1, 0.15) is 10.4 Å². The highest BCUT2D eigenvalue weighted by Crippen LogP contribution is 2.32. The number of nitrogens with zero attached hydrogens (tertiary/aromatic N) is 1. The van der Waals surface area contributed by atoms with E-state index in [0.29, 0.717) is 0 Å². The van der Waals surface area contributed by atoms with Crippen molar-refractivity contribution in [3.8, 4) is 0 Å². The second kappa shape index (κ2) is 8.06. The van der Waals surface area contributed by atoms with Crippen molar-refractivity contribution in [3.63, 3.8) is 0 Å². The van der Waals surface area contributed by atoms with Gasteiger partial charge in [0.1, 0.15) is 11.6 Å². The Bertz CT molecular complexity index is 543. The predicted molar refractivity (Wildman–Crippen MR) is 72.3 cm³/mol. The first-order valence-corrected chi connectivity index (χ1v) is 6.36. The molecule has 0 aliphatic heterocycles. The number of amides is 1. The molecule has 21 heavy (non-hydrogen) atoms. The number of ether oxygens (including phenoxy) is 1. The SMILES string of the molecule is O=C(NCCOCC(F)F)c1cc(Cl)c(Cl)c([N+](=O)[O-])c1. The third-order valence-electron chi connectivity index (χ3n) is 2.24. The maximum Gasteiger partial charge on any atom is 0.290 e. The molecule has 0 spiro atoms. The molecule has 0 unspecified atom stereocenters. The molecule has 0 aromatic heterocycles. The van der Waals surface area contributed by atoms with Gasteiger partial charge in [-0.1, -0.05) is 23.2 Å². The molecule has 0 bridgehead atoms. The fourth-order valence-electron chi connectivity index (χ4n) is 1.35. The number of hydrogen-bond donors (Lipinski definition) is 1. The van der Waals surface area contributed by atoms with Gasteiger partial charge in [-0.25, -0.2) is 8.78 Å². The number of carbonyl (C=O) groups is 1. The molecule has 0 aliphatic rings. The fourth-order valence-corrected chi connectivity index (χ4v) is 1.74. The number of nitrogens with one attached hydrogen (secondary N) is 1. The monoisotopic (exact) mass is 342 g/mol. The summed E-state index contributed by atoms with van der Waals surface area (Å²) in [5, 5.41) is 12.7. The Hall–Kier alpha value is -1.51. The average molecular weight is 343 g/mol. The van der Waals surface area contributed by atoms with Crippen LogP contribution >= 0.6 is 23.2 Å². The zero-order chi connectivity index (χ0) is 16.0. The van der Waals surface area contributed by atoms with Crippen molar-refractivity contribution in [2.75, 3.05) is 19.8 Å². The second-order valence-corrected chi connectivity index (χ2v) is 4.56. The van der Waals surface area contributed by atoms with Gasteiger partial charge in [0.2, 0.25) is 0 Å². The molecule has 0 saturated heterocycles. The van der Waals surface area contributed by atoms with Gasteiger partial charge in [-0.3, -0.25) is 14.9 Å². The minimum Gasteiger partial charge on any atom is -0.374 e. The van der Waals surface area contributed by atoms with Gasteiger partial charge in [0.05, 0.1) is 16.6 Å². The highest BCUT2D eigenvalue weighted by molar-refractivity contribution is 6.43. The summed E-state index contributed by atoms with van der Waals surface area (Å²) in [4.78, 5) is 21.7. The van der Waals surface area contributed by atoms with E-state index in [1.54, 1.807) is 0 Å². The number of alkyl halides is 2. The maximum atomic E-state index is 11.8. The topological polar surface area (TPSA) is 81.5 Å². The molecular weight excluding hydrogens is 333 g/mol. The van der Waals surface area contributed by atoms with Crippen molar-refractivity contribution in [1.82, 2.24) is 5.32 Å². The molecular formula is C11H10Cl2F2N2O4. The number of halogens is 4. The summed E-state index contributed by atoms with van der Waals surface area (Å²) in [5.74, 6) is -0.655. The number of benzene rings is 1. The van der Waals surface area contributed by atoms with E-state index in [-0.39, 0.29) is 28.8 Å². The van der Waals surface area contributed by atoms with Gasteiger partial charge in [0.15, 0.2) is 0 Å². The van der Waals surface area contributed by atoms with Crippen LogP contribution in [0.4, 0.5) is 14.5 Å². The number of nitro benzene ring substituents is 1. The minimum absolute atomic E-state index is 0.0282. The summed E-state index contributed by atoms with van der Waals surface area (Å²) in [6, 6.07) is 2.15. The fraction of sp³-hybridized carbons (Fsp3) is 0.364. The summed E-state index contributed by atoms with van der Waals surface area (Å²) in [6.45, 7) is -0.868. The van der Waals surface area contributed by atoms with E-state index in [1.165, 1.54) is 6.07 Å². The van der Waals surface area contributed by atoms with Crippen LogP contribution in [0.3, 0.4) is 0 Å². The Labute approximate surface area is 128 Å². The standard InChI is InChI=1S/C11H10Cl2F2N2O4/c12-7-3-6(4-8(10(7)13)17(19)20)11(18)16-1-2-21-5-9(14)15/h3-4,9H,1-2,5H2,(H,16,18). The number of hydrogen-bond acceptors (Lipinski definition) is 4. The number of carbonyl (C=O) groups excluding carboxylic acids is 1. The summed E-state index contributed by atoms with van der Waals surface area (Å²) in [6.07, 6.45) is -2.58. The largest absolute Gasteiger partial charge is 0.374 e. The first kappa shape index (κ1) is 17.5. The molecule has 1 rings (SSSR count). The van der Waals surface area contributed by atoms with E-state index in [9.17, 15) is 23.7 Å². The Kier molecular flexibility index (Phi) is 6.73. The van der Waals surface area contributed by atoms with Crippen LogP contribution in [0.5, 0.6) is 0 Å². The lowest BCUT2D eigenvalue weighted by Gasteiger charge is -2.07. The molecule has 0 fully saturated rings. The van der Waals surface area contributed by atoms with Gasteiger partial charge in [-0.15, -0.1) is 0 Å².